The van der Waals surface area contributed by atoms with Crippen molar-refractivity contribution < 1.29 is 28.5 Å². The predicted molar refractivity (Wildman–Crippen MR) is 111 cm³/mol. The Kier molecular flexibility index (Phi) is 6.32. The van der Waals surface area contributed by atoms with E-state index in [1.54, 1.807) is 12.1 Å². The largest absolute Gasteiger partial charge is 0.493 e. The van der Waals surface area contributed by atoms with E-state index in [4.69, 9.17) is 18.9 Å². The van der Waals surface area contributed by atoms with Crippen LogP contribution < -0.4 is 19.5 Å². The average Bonchev–Trinajstić information content (AvgIpc) is 3.08. The minimum absolute atomic E-state index is 0.329. The van der Waals surface area contributed by atoms with Crippen LogP contribution in [0.25, 0.3) is 0 Å². The molecule has 1 aliphatic carbocycles. The molecule has 1 aliphatic rings. The first-order valence-electron chi connectivity index (χ1n) is 9.27. The normalized spacial score (nSPS) is 15.3. The first kappa shape index (κ1) is 21.0. The fourth-order valence-corrected chi connectivity index (χ4v) is 4.94. The van der Waals surface area contributed by atoms with Gasteiger partial charge in [0, 0.05) is 10.4 Å². The van der Waals surface area contributed by atoms with Gasteiger partial charge in [0.1, 0.15) is 5.00 Å². The Labute approximate surface area is 173 Å². The monoisotopic (exact) mass is 419 g/mol. The maximum atomic E-state index is 13.0. The van der Waals surface area contributed by atoms with E-state index >= 15 is 0 Å². The Morgan fingerprint density at radius 3 is 2.28 bits per heavy atom. The zero-order valence-corrected chi connectivity index (χ0v) is 18.0. The van der Waals surface area contributed by atoms with Gasteiger partial charge in [-0.05, 0) is 42.9 Å². The molecule has 0 fully saturated rings. The van der Waals surface area contributed by atoms with Gasteiger partial charge in [0.2, 0.25) is 5.75 Å². The van der Waals surface area contributed by atoms with Crippen LogP contribution in [0.4, 0.5) is 5.00 Å². The van der Waals surface area contributed by atoms with E-state index in [0.29, 0.717) is 39.3 Å². The summed E-state index contributed by atoms with van der Waals surface area (Å²) in [6.45, 7) is 2.19. The third kappa shape index (κ3) is 4.03. The number of nitrogens with one attached hydrogen (secondary N) is 1. The second-order valence-electron chi connectivity index (χ2n) is 6.92. The molecule has 7 nitrogen and oxygen atoms in total. The minimum Gasteiger partial charge on any atom is -0.493 e. The quantitative estimate of drug-likeness (QED) is 0.714. The molecule has 0 bridgehead atoms. The third-order valence-corrected chi connectivity index (χ3v) is 6.22. The molecule has 0 saturated carbocycles. The van der Waals surface area contributed by atoms with Gasteiger partial charge >= 0.3 is 5.97 Å². The smallest absolute Gasteiger partial charge is 0.341 e. The van der Waals surface area contributed by atoms with E-state index in [1.165, 1.54) is 39.8 Å². The molecule has 0 radical (unpaired) electrons. The molecule has 0 aliphatic heterocycles. The summed E-state index contributed by atoms with van der Waals surface area (Å²) in [6, 6.07) is 3.15. The minimum atomic E-state index is -0.433. The van der Waals surface area contributed by atoms with Crippen molar-refractivity contribution in [3.05, 3.63) is 33.7 Å². The zero-order valence-electron chi connectivity index (χ0n) is 17.2. The second kappa shape index (κ2) is 8.73. The summed E-state index contributed by atoms with van der Waals surface area (Å²) < 4.78 is 20.9. The molecule has 3 rings (SSSR count). The third-order valence-electron chi connectivity index (χ3n) is 5.06. The zero-order chi connectivity index (χ0) is 21.1. The molecule has 1 atom stereocenters. The maximum absolute atomic E-state index is 13.0. The number of amides is 1. The van der Waals surface area contributed by atoms with Crippen molar-refractivity contribution in [3.63, 3.8) is 0 Å². The van der Waals surface area contributed by atoms with Gasteiger partial charge in [-0.25, -0.2) is 4.79 Å². The summed E-state index contributed by atoms with van der Waals surface area (Å²) in [5, 5.41) is 3.39. The van der Waals surface area contributed by atoms with Gasteiger partial charge < -0.3 is 24.3 Å². The highest BCUT2D eigenvalue weighted by molar-refractivity contribution is 7.17. The number of esters is 1. The van der Waals surface area contributed by atoms with Gasteiger partial charge in [-0.1, -0.05) is 6.92 Å². The Bertz CT molecular complexity index is 910. The van der Waals surface area contributed by atoms with Crippen molar-refractivity contribution in [3.8, 4) is 17.2 Å². The van der Waals surface area contributed by atoms with Crippen molar-refractivity contribution in [1.82, 2.24) is 0 Å². The van der Waals surface area contributed by atoms with Crippen LogP contribution in [0.3, 0.4) is 0 Å². The highest BCUT2D eigenvalue weighted by Crippen LogP contribution is 2.41. The number of carbonyl (C=O) groups is 2. The molecule has 1 aromatic carbocycles. The Morgan fingerprint density at radius 1 is 1.07 bits per heavy atom. The summed E-state index contributed by atoms with van der Waals surface area (Å²) in [5.41, 5.74) is 1.77. The number of hydrogen-bond donors (Lipinski definition) is 1. The van der Waals surface area contributed by atoms with Gasteiger partial charge in [-0.2, -0.15) is 0 Å². The lowest BCUT2D eigenvalue weighted by atomic mass is 9.88. The number of carbonyl (C=O) groups excluding carboxylic acids is 2. The summed E-state index contributed by atoms with van der Waals surface area (Å²) >= 11 is 1.44. The van der Waals surface area contributed by atoms with Gasteiger partial charge in [-0.15, -0.1) is 11.3 Å². The molecule has 29 heavy (non-hydrogen) atoms. The Hall–Kier alpha value is -2.74. The number of rotatable bonds is 6. The molecular formula is C21H25NO6S. The number of fused-ring (bicyclic) bond motifs is 1. The topological polar surface area (TPSA) is 83.1 Å². The predicted octanol–water partition coefficient (Wildman–Crippen LogP) is 3.94. The summed E-state index contributed by atoms with van der Waals surface area (Å²) in [7, 11) is 5.83. The summed E-state index contributed by atoms with van der Waals surface area (Å²) in [6.07, 6.45) is 2.70. The number of benzene rings is 1. The first-order chi connectivity index (χ1) is 13.9. The second-order valence-corrected chi connectivity index (χ2v) is 8.02. The van der Waals surface area contributed by atoms with Gasteiger partial charge in [0.15, 0.2) is 11.5 Å². The van der Waals surface area contributed by atoms with Crippen molar-refractivity contribution in [1.29, 1.82) is 0 Å². The van der Waals surface area contributed by atoms with E-state index in [1.807, 2.05) is 0 Å². The van der Waals surface area contributed by atoms with Crippen molar-refractivity contribution in [2.45, 2.75) is 26.2 Å². The van der Waals surface area contributed by atoms with E-state index in [-0.39, 0.29) is 5.91 Å². The molecule has 0 unspecified atom stereocenters. The molecule has 2 aromatic rings. The number of thiophene rings is 1. The SMILES string of the molecule is COC(=O)c1c(NC(=O)c2cc(OC)c(OC)c(OC)c2)sc2c1CC[C@H](C)C2. The lowest BCUT2D eigenvalue weighted by Crippen LogP contribution is -2.16. The summed E-state index contributed by atoms with van der Waals surface area (Å²) in [5.74, 6) is 0.903. The molecule has 8 heteroatoms. The van der Waals surface area contributed by atoms with Crippen LogP contribution in [0.5, 0.6) is 17.2 Å². The number of anilines is 1. The lowest BCUT2D eigenvalue weighted by molar-refractivity contribution is 0.0601. The first-order valence-corrected chi connectivity index (χ1v) is 10.1. The van der Waals surface area contributed by atoms with E-state index in [0.717, 1.165) is 29.7 Å². The van der Waals surface area contributed by atoms with Crippen LogP contribution in [0, 0.1) is 5.92 Å². The van der Waals surface area contributed by atoms with E-state index in [2.05, 4.69) is 12.2 Å². The molecule has 1 heterocycles. The fraction of sp³-hybridized carbons (Fsp3) is 0.429. The Morgan fingerprint density at radius 2 is 1.72 bits per heavy atom. The van der Waals surface area contributed by atoms with Gasteiger partial charge in [0.25, 0.3) is 5.91 Å². The van der Waals surface area contributed by atoms with Crippen LogP contribution in [0.1, 0.15) is 44.5 Å². The van der Waals surface area contributed by atoms with Crippen LogP contribution in [0.15, 0.2) is 12.1 Å². The molecule has 0 spiro atoms. The maximum Gasteiger partial charge on any atom is 0.341 e. The van der Waals surface area contributed by atoms with E-state index in [9.17, 15) is 9.59 Å². The highest BCUT2D eigenvalue weighted by Gasteiger charge is 2.29. The van der Waals surface area contributed by atoms with Crippen LogP contribution >= 0.6 is 11.3 Å². The van der Waals surface area contributed by atoms with Crippen LogP contribution in [-0.4, -0.2) is 40.3 Å². The van der Waals surface area contributed by atoms with Crippen LogP contribution in [0.2, 0.25) is 0 Å². The standard InChI is InChI=1S/C21H25NO6S/c1-11-6-7-13-16(8-11)29-20(17(13)21(24)28-5)22-19(23)12-9-14(25-2)18(27-4)15(10-12)26-3/h9-11H,6-8H2,1-5H3,(H,22,23)/t11-/m0/s1. The lowest BCUT2D eigenvalue weighted by Gasteiger charge is -2.18. The molecule has 1 amide bonds. The Balaban J connectivity index is 1.98. The molecule has 0 saturated heterocycles. The van der Waals surface area contributed by atoms with Gasteiger partial charge in [0.05, 0.1) is 34.0 Å². The molecular weight excluding hydrogens is 394 g/mol. The van der Waals surface area contributed by atoms with Crippen molar-refractivity contribution >= 4 is 28.2 Å². The number of methoxy groups -OCH3 is 4. The molecule has 156 valence electrons. The van der Waals surface area contributed by atoms with Crippen molar-refractivity contribution in [2.24, 2.45) is 5.92 Å². The van der Waals surface area contributed by atoms with Crippen molar-refractivity contribution in [2.75, 3.05) is 33.8 Å². The molecule has 1 N–H and O–H groups in total. The highest BCUT2D eigenvalue weighted by atomic mass is 32.1. The summed E-state index contributed by atoms with van der Waals surface area (Å²) in [4.78, 5) is 26.5. The van der Waals surface area contributed by atoms with Crippen LogP contribution in [-0.2, 0) is 17.6 Å². The number of hydrogen-bond acceptors (Lipinski definition) is 7. The number of ether oxygens (including phenoxy) is 4. The average molecular weight is 419 g/mol. The van der Waals surface area contributed by atoms with E-state index < -0.39 is 5.97 Å². The fourth-order valence-electron chi connectivity index (χ4n) is 3.54. The van der Waals surface area contributed by atoms with Gasteiger partial charge in [-0.3, -0.25) is 4.79 Å². The molecule has 1 aromatic heterocycles.